The normalized spacial score (nSPS) is 12.8. The molecule has 1 rings (SSSR count). The summed E-state index contributed by atoms with van der Waals surface area (Å²) in [5.74, 6) is 0. The SMILES string of the molecule is CCNC(COC)c1cc(C)ccc1Br. The van der Waals surface area contributed by atoms with Crippen LogP contribution in [-0.2, 0) is 4.74 Å². The number of hydrogen-bond acceptors (Lipinski definition) is 2. The van der Waals surface area contributed by atoms with E-state index in [0.717, 1.165) is 11.0 Å². The van der Waals surface area contributed by atoms with Gasteiger partial charge in [-0.2, -0.15) is 0 Å². The highest BCUT2D eigenvalue weighted by Gasteiger charge is 2.13. The molecular formula is C12H18BrNO. The van der Waals surface area contributed by atoms with E-state index in [0.29, 0.717) is 6.61 Å². The molecule has 1 atom stereocenters. The van der Waals surface area contributed by atoms with Gasteiger partial charge in [-0.1, -0.05) is 40.5 Å². The molecule has 1 unspecified atom stereocenters. The summed E-state index contributed by atoms with van der Waals surface area (Å²) >= 11 is 3.58. The van der Waals surface area contributed by atoms with Crippen LogP contribution in [0.5, 0.6) is 0 Å². The van der Waals surface area contributed by atoms with Gasteiger partial charge in [-0.3, -0.25) is 0 Å². The molecule has 0 bridgehead atoms. The number of halogens is 1. The van der Waals surface area contributed by atoms with E-state index < -0.39 is 0 Å². The van der Waals surface area contributed by atoms with Crippen LogP contribution in [0, 0.1) is 6.92 Å². The lowest BCUT2D eigenvalue weighted by Crippen LogP contribution is -2.25. The van der Waals surface area contributed by atoms with Crippen LogP contribution in [0.4, 0.5) is 0 Å². The summed E-state index contributed by atoms with van der Waals surface area (Å²) in [6.45, 7) is 5.84. The van der Waals surface area contributed by atoms with E-state index in [-0.39, 0.29) is 6.04 Å². The van der Waals surface area contributed by atoms with Gasteiger partial charge in [-0.15, -0.1) is 0 Å². The zero-order valence-corrected chi connectivity index (χ0v) is 11.1. The molecule has 0 saturated heterocycles. The van der Waals surface area contributed by atoms with Crippen molar-refractivity contribution in [1.29, 1.82) is 0 Å². The predicted octanol–water partition coefficient (Wildman–Crippen LogP) is 3.05. The fourth-order valence-electron chi connectivity index (χ4n) is 1.60. The molecule has 0 aliphatic heterocycles. The maximum atomic E-state index is 5.22. The van der Waals surface area contributed by atoms with E-state index in [1.165, 1.54) is 11.1 Å². The van der Waals surface area contributed by atoms with Crippen molar-refractivity contribution in [3.05, 3.63) is 33.8 Å². The minimum absolute atomic E-state index is 0.259. The van der Waals surface area contributed by atoms with Crippen molar-refractivity contribution in [2.24, 2.45) is 0 Å². The second-order valence-corrected chi connectivity index (χ2v) is 4.44. The Morgan fingerprint density at radius 2 is 2.20 bits per heavy atom. The molecule has 0 aromatic heterocycles. The number of aryl methyl sites for hydroxylation is 1. The fraction of sp³-hybridized carbons (Fsp3) is 0.500. The molecule has 2 nitrogen and oxygen atoms in total. The second-order valence-electron chi connectivity index (χ2n) is 3.59. The molecule has 0 aliphatic carbocycles. The minimum Gasteiger partial charge on any atom is -0.383 e. The van der Waals surface area contributed by atoms with Crippen LogP contribution >= 0.6 is 15.9 Å². The van der Waals surface area contributed by atoms with Crippen LogP contribution < -0.4 is 5.32 Å². The lowest BCUT2D eigenvalue weighted by Gasteiger charge is -2.19. The molecule has 1 aromatic carbocycles. The van der Waals surface area contributed by atoms with E-state index in [2.05, 4.69) is 53.3 Å². The summed E-state index contributed by atoms with van der Waals surface area (Å²) < 4.78 is 6.36. The lowest BCUT2D eigenvalue weighted by molar-refractivity contribution is 0.167. The molecule has 0 aliphatic rings. The summed E-state index contributed by atoms with van der Waals surface area (Å²) in [6, 6.07) is 6.64. The van der Waals surface area contributed by atoms with E-state index in [9.17, 15) is 0 Å². The van der Waals surface area contributed by atoms with E-state index in [1.54, 1.807) is 7.11 Å². The third-order valence-electron chi connectivity index (χ3n) is 2.31. The number of likely N-dealkylation sites (N-methyl/N-ethyl adjacent to an activating group) is 1. The molecular weight excluding hydrogens is 254 g/mol. The number of benzene rings is 1. The molecule has 1 aromatic rings. The highest BCUT2D eigenvalue weighted by atomic mass is 79.9. The van der Waals surface area contributed by atoms with E-state index >= 15 is 0 Å². The van der Waals surface area contributed by atoms with Crippen molar-refractivity contribution in [2.45, 2.75) is 19.9 Å². The van der Waals surface area contributed by atoms with Gasteiger partial charge in [-0.25, -0.2) is 0 Å². The minimum atomic E-state index is 0.259. The van der Waals surface area contributed by atoms with E-state index in [1.807, 2.05) is 0 Å². The van der Waals surface area contributed by atoms with Crippen molar-refractivity contribution in [2.75, 3.05) is 20.3 Å². The highest BCUT2D eigenvalue weighted by molar-refractivity contribution is 9.10. The smallest absolute Gasteiger partial charge is 0.0658 e. The Morgan fingerprint density at radius 3 is 2.80 bits per heavy atom. The largest absolute Gasteiger partial charge is 0.383 e. The maximum absolute atomic E-state index is 5.22. The van der Waals surface area contributed by atoms with E-state index in [4.69, 9.17) is 4.74 Å². The van der Waals surface area contributed by atoms with Crippen LogP contribution in [-0.4, -0.2) is 20.3 Å². The Labute approximate surface area is 100 Å². The van der Waals surface area contributed by atoms with Crippen LogP contribution in [0.3, 0.4) is 0 Å². The maximum Gasteiger partial charge on any atom is 0.0658 e. The number of rotatable bonds is 5. The number of hydrogen-bond donors (Lipinski definition) is 1. The Hall–Kier alpha value is -0.380. The van der Waals surface area contributed by atoms with Crippen molar-refractivity contribution >= 4 is 15.9 Å². The Kier molecular flexibility index (Phi) is 5.29. The van der Waals surface area contributed by atoms with Crippen molar-refractivity contribution in [3.8, 4) is 0 Å². The Balaban J connectivity index is 2.93. The first kappa shape index (κ1) is 12.7. The molecule has 0 amide bonds. The van der Waals surface area contributed by atoms with Gasteiger partial charge < -0.3 is 10.1 Å². The summed E-state index contributed by atoms with van der Waals surface area (Å²) in [6.07, 6.45) is 0. The first-order valence-corrected chi connectivity index (χ1v) is 5.96. The van der Waals surface area contributed by atoms with Crippen molar-refractivity contribution in [1.82, 2.24) is 5.32 Å². The van der Waals surface area contributed by atoms with Crippen LogP contribution in [0.2, 0.25) is 0 Å². The molecule has 0 radical (unpaired) electrons. The summed E-state index contributed by atoms with van der Waals surface area (Å²) in [5, 5.41) is 3.41. The fourth-order valence-corrected chi connectivity index (χ4v) is 2.12. The average molecular weight is 272 g/mol. The van der Waals surface area contributed by atoms with Crippen LogP contribution in [0.15, 0.2) is 22.7 Å². The zero-order valence-electron chi connectivity index (χ0n) is 9.51. The summed E-state index contributed by atoms with van der Waals surface area (Å²) in [4.78, 5) is 0. The second kappa shape index (κ2) is 6.26. The van der Waals surface area contributed by atoms with Gasteiger partial charge in [0.25, 0.3) is 0 Å². The molecule has 0 fully saturated rings. The van der Waals surface area contributed by atoms with Gasteiger partial charge in [0, 0.05) is 11.6 Å². The summed E-state index contributed by atoms with van der Waals surface area (Å²) in [5.41, 5.74) is 2.53. The van der Waals surface area contributed by atoms with Crippen LogP contribution in [0.25, 0.3) is 0 Å². The molecule has 3 heteroatoms. The number of nitrogens with one attached hydrogen (secondary N) is 1. The van der Waals surface area contributed by atoms with Gasteiger partial charge in [0.1, 0.15) is 0 Å². The lowest BCUT2D eigenvalue weighted by atomic mass is 10.1. The quantitative estimate of drug-likeness (QED) is 0.889. The molecule has 1 N–H and O–H groups in total. The molecule has 0 saturated carbocycles. The first-order valence-electron chi connectivity index (χ1n) is 5.17. The summed E-state index contributed by atoms with van der Waals surface area (Å²) in [7, 11) is 1.73. The van der Waals surface area contributed by atoms with Crippen molar-refractivity contribution < 1.29 is 4.74 Å². The predicted molar refractivity (Wildman–Crippen MR) is 67.2 cm³/mol. The van der Waals surface area contributed by atoms with Gasteiger partial charge in [-0.05, 0) is 25.1 Å². The number of ether oxygens (including phenoxy) is 1. The highest BCUT2D eigenvalue weighted by Crippen LogP contribution is 2.24. The van der Waals surface area contributed by atoms with Crippen molar-refractivity contribution in [3.63, 3.8) is 0 Å². The third kappa shape index (κ3) is 3.59. The average Bonchev–Trinajstić information content (AvgIpc) is 2.21. The van der Waals surface area contributed by atoms with Gasteiger partial charge in [0.15, 0.2) is 0 Å². The molecule has 84 valence electrons. The monoisotopic (exact) mass is 271 g/mol. The topological polar surface area (TPSA) is 21.3 Å². The van der Waals surface area contributed by atoms with Crippen LogP contribution in [0.1, 0.15) is 24.1 Å². The standard InChI is InChI=1S/C12H18BrNO/c1-4-14-12(8-15-3)10-7-9(2)5-6-11(10)13/h5-7,12,14H,4,8H2,1-3H3. The van der Waals surface area contributed by atoms with Gasteiger partial charge >= 0.3 is 0 Å². The molecule has 15 heavy (non-hydrogen) atoms. The van der Waals surface area contributed by atoms with Gasteiger partial charge in [0.05, 0.1) is 12.6 Å². The zero-order chi connectivity index (χ0) is 11.3. The third-order valence-corrected chi connectivity index (χ3v) is 3.03. The Morgan fingerprint density at radius 1 is 1.47 bits per heavy atom. The Bertz CT molecular complexity index is 308. The first-order chi connectivity index (χ1) is 7.19. The molecule has 0 heterocycles. The number of methoxy groups -OCH3 is 1. The molecule has 0 spiro atoms. The van der Waals surface area contributed by atoms with Gasteiger partial charge in [0.2, 0.25) is 0 Å².